The number of hydrogen-bond donors (Lipinski definition) is 2. The Morgan fingerprint density at radius 2 is 2.00 bits per heavy atom. The first-order valence-corrected chi connectivity index (χ1v) is 6.65. The molecule has 1 unspecified atom stereocenters. The summed E-state index contributed by atoms with van der Waals surface area (Å²) in [5.41, 5.74) is 6.88. The molecule has 0 spiro atoms. The number of nitrogens with zero attached hydrogens (tertiary/aromatic N) is 1. The van der Waals surface area contributed by atoms with E-state index in [2.05, 4.69) is 26.2 Å². The lowest BCUT2D eigenvalue weighted by molar-refractivity contribution is -0.118. The highest BCUT2D eigenvalue weighted by Crippen LogP contribution is 2.22. The molecule has 1 heterocycles. The molecular formula is C13H11BrClN3O. The van der Waals surface area contributed by atoms with Crippen LogP contribution in [0.3, 0.4) is 0 Å². The third-order valence-electron chi connectivity index (χ3n) is 2.50. The zero-order valence-corrected chi connectivity index (χ0v) is 12.1. The Kier molecular flexibility index (Phi) is 4.39. The minimum atomic E-state index is -0.631. The molecule has 1 aromatic carbocycles. The van der Waals surface area contributed by atoms with E-state index >= 15 is 0 Å². The summed E-state index contributed by atoms with van der Waals surface area (Å²) in [5.74, 6) is -0.470. The third-order valence-corrected chi connectivity index (χ3v) is 3.19. The molecule has 0 saturated carbocycles. The molecule has 2 rings (SSSR count). The normalized spacial score (nSPS) is 11.9. The molecule has 0 aliphatic heterocycles. The second kappa shape index (κ2) is 6.04. The van der Waals surface area contributed by atoms with Crippen LogP contribution in [-0.2, 0) is 4.79 Å². The summed E-state index contributed by atoms with van der Waals surface area (Å²) in [7, 11) is 0. The third kappa shape index (κ3) is 3.68. The summed E-state index contributed by atoms with van der Waals surface area (Å²) in [6.45, 7) is 0. The summed E-state index contributed by atoms with van der Waals surface area (Å²) >= 11 is 9.14. The van der Waals surface area contributed by atoms with Crippen molar-refractivity contribution in [3.05, 3.63) is 57.8 Å². The largest absolute Gasteiger partial charge is 0.369 e. The van der Waals surface area contributed by atoms with Crippen LogP contribution in [-0.4, -0.2) is 10.9 Å². The Balaban J connectivity index is 2.26. The number of primary amides is 1. The molecule has 0 bridgehead atoms. The van der Waals surface area contributed by atoms with Gasteiger partial charge in [-0.25, -0.2) is 0 Å². The molecule has 2 aromatic rings. The first-order valence-electron chi connectivity index (χ1n) is 5.48. The Labute approximate surface area is 124 Å². The summed E-state index contributed by atoms with van der Waals surface area (Å²) in [4.78, 5) is 15.6. The fourth-order valence-electron chi connectivity index (χ4n) is 1.63. The fraction of sp³-hybridized carbons (Fsp3) is 0.0769. The van der Waals surface area contributed by atoms with Crippen molar-refractivity contribution < 1.29 is 4.79 Å². The minimum Gasteiger partial charge on any atom is -0.369 e. The van der Waals surface area contributed by atoms with Crippen LogP contribution < -0.4 is 11.1 Å². The second-order valence-corrected chi connectivity index (χ2v) is 5.28. The topological polar surface area (TPSA) is 68.0 Å². The number of nitrogens with one attached hydrogen (secondary N) is 1. The number of amides is 1. The average Bonchev–Trinajstić information content (AvgIpc) is 2.37. The van der Waals surface area contributed by atoms with E-state index in [-0.39, 0.29) is 0 Å². The average molecular weight is 341 g/mol. The van der Waals surface area contributed by atoms with Gasteiger partial charge < -0.3 is 11.1 Å². The van der Waals surface area contributed by atoms with Gasteiger partial charge in [0.05, 0.1) is 11.9 Å². The molecule has 0 fully saturated rings. The highest BCUT2D eigenvalue weighted by atomic mass is 79.9. The van der Waals surface area contributed by atoms with Gasteiger partial charge in [0.1, 0.15) is 6.04 Å². The van der Waals surface area contributed by atoms with Crippen molar-refractivity contribution >= 4 is 39.1 Å². The molecule has 98 valence electrons. The van der Waals surface area contributed by atoms with Crippen LogP contribution in [0.1, 0.15) is 11.6 Å². The molecule has 0 aliphatic rings. The van der Waals surface area contributed by atoms with E-state index in [4.69, 9.17) is 17.3 Å². The number of benzene rings is 1. The van der Waals surface area contributed by atoms with Gasteiger partial charge in [-0.1, -0.05) is 23.7 Å². The van der Waals surface area contributed by atoms with Crippen molar-refractivity contribution in [2.24, 2.45) is 5.73 Å². The number of rotatable bonds is 4. The SMILES string of the molecule is NC(=O)C(Nc1cncc(Br)c1)c1ccc(Cl)cc1. The highest BCUT2D eigenvalue weighted by Gasteiger charge is 2.17. The standard InChI is InChI=1S/C13H11BrClN3O/c14-9-5-11(7-17-6-9)18-12(13(16)19)8-1-3-10(15)4-2-8/h1-7,12,18H,(H2,16,19). The van der Waals surface area contributed by atoms with Crippen molar-refractivity contribution in [2.45, 2.75) is 6.04 Å². The predicted molar refractivity (Wildman–Crippen MR) is 78.9 cm³/mol. The van der Waals surface area contributed by atoms with Gasteiger partial charge in [0.2, 0.25) is 5.91 Å². The summed E-state index contributed by atoms with van der Waals surface area (Å²) < 4.78 is 0.817. The molecular weight excluding hydrogens is 330 g/mol. The smallest absolute Gasteiger partial charge is 0.244 e. The summed E-state index contributed by atoms with van der Waals surface area (Å²) in [6, 6.07) is 8.14. The number of hydrogen-bond acceptors (Lipinski definition) is 3. The maximum atomic E-state index is 11.6. The molecule has 1 atom stereocenters. The van der Waals surface area contributed by atoms with Crippen molar-refractivity contribution in [3.8, 4) is 0 Å². The Hall–Kier alpha value is -1.59. The molecule has 0 aliphatic carbocycles. The number of halogens is 2. The Morgan fingerprint density at radius 3 is 2.58 bits per heavy atom. The first kappa shape index (κ1) is 13.8. The Morgan fingerprint density at radius 1 is 1.32 bits per heavy atom. The maximum absolute atomic E-state index is 11.6. The van der Waals surface area contributed by atoms with Crippen LogP contribution in [0.15, 0.2) is 47.2 Å². The van der Waals surface area contributed by atoms with Gasteiger partial charge in [-0.3, -0.25) is 9.78 Å². The van der Waals surface area contributed by atoms with Crippen LogP contribution in [0.2, 0.25) is 5.02 Å². The number of carbonyl (C=O) groups is 1. The number of anilines is 1. The molecule has 1 aromatic heterocycles. The van der Waals surface area contributed by atoms with Gasteiger partial charge in [0, 0.05) is 15.7 Å². The van der Waals surface area contributed by atoms with Gasteiger partial charge in [-0.2, -0.15) is 0 Å². The van der Waals surface area contributed by atoms with E-state index < -0.39 is 11.9 Å². The van der Waals surface area contributed by atoms with E-state index in [0.717, 1.165) is 10.0 Å². The molecule has 3 N–H and O–H groups in total. The maximum Gasteiger partial charge on any atom is 0.244 e. The lowest BCUT2D eigenvalue weighted by atomic mass is 10.1. The number of aromatic nitrogens is 1. The molecule has 0 radical (unpaired) electrons. The summed E-state index contributed by atoms with van der Waals surface area (Å²) in [6.07, 6.45) is 3.28. The highest BCUT2D eigenvalue weighted by molar-refractivity contribution is 9.10. The zero-order valence-electron chi connectivity index (χ0n) is 9.81. The number of carbonyl (C=O) groups excluding carboxylic acids is 1. The Bertz CT molecular complexity index is 589. The van der Waals surface area contributed by atoms with E-state index in [1.807, 2.05) is 6.07 Å². The lowest BCUT2D eigenvalue weighted by Crippen LogP contribution is -2.27. The first-order chi connectivity index (χ1) is 9.06. The molecule has 6 heteroatoms. The minimum absolute atomic E-state index is 0.470. The van der Waals surface area contributed by atoms with Crippen LogP contribution in [0.4, 0.5) is 5.69 Å². The van der Waals surface area contributed by atoms with Gasteiger partial charge in [-0.05, 0) is 39.7 Å². The van der Waals surface area contributed by atoms with Crippen LogP contribution >= 0.6 is 27.5 Å². The molecule has 1 amide bonds. The quantitative estimate of drug-likeness (QED) is 0.898. The predicted octanol–water partition coefficient (Wildman–Crippen LogP) is 3.14. The molecule has 4 nitrogen and oxygen atoms in total. The van der Waals surface area contributed by atoms with E-state index in [1.165, 1.54) is 0 Å². The van der Waals surface area contributed by atoms with Crippen molar-refractivity contribution in [1.29, 1.82) is 0 Å². The molecule has 0 saturated heterocycles. The lowest BCUT2D eigenvalue weighted by Gasteiger charge is -2.17. The molecule has 19 heavy (non-hydrogen) atoms. The van der Waals surface area contributed by atoms with Crippen LogP contribution in [0.5, 0.6) is 0 Å². The second-order valence-electron chi connectivity index (χ2n) is 3.92. The van der Waals surface area contributed by atoms with Gasteiger partial charge in [0.25, 0.3) is 0 Å². The monoisotopic (exact) mass is 339 g/mol. The van der Waals surface area contributed by atoms with E-state index in [0.29, 0.717) is 10.7 Å². The number of nitrogens with two attached hydrogens (primary N) is 1. The van der Waals surface area contributed by atoms with Crippen molar-refractivity contribution in [1.82, 2.24) is 4.98 Å². The van der Waals surface area contributed by atoms with Crippen LogP contribution in [0.25, 0.3) is 0 Å². The number of pyridine rings is 1. The van der Waals surface area contributed by atoms with Gasteiger partial charge in [0.15, 0.2) is 0 Å². The van der Waals surface area contributed by atoms with Gasteiger partial charge in [-0.15, -0.1) is 0 Å². The van der Waals surface area contributed by atoms with Crippen LogP contribution in [0, 0.1) is 0 Å². The van der Waals surface area contributed by atoms with E-state index in [1.54, 1.807) is 36.7 Å². The zero-order chi connectivity index (χ0) is 13.8. The van der Waals surface area contributed by atoms with Crippen molar-refractivity contribution in [3.63, 3.8) is 0 Å². The summed E-state index contributed by atoms with van der Waals surface area (Å²) in [5, 5.41) is 3.65. The fourth-order valence-corrected chi connectivity index (χ4v) is 2.12. The van der Waals surface area contributed by atoms with Crippen molar-refractivity contribution in [2.75, 3.05) is 5.32 Å². The van der Waals surface area contributed by atoms with Gasteiger partial charge >= 0.3 is 0 Å². The van der Waals surface area contributed by atoms with E-state index in [9.17, 15) is 4.79 Å².